The Balaban J connectivity index is 2.25. The van der Waals surface area contributed by atoms with E-state index in [-0.39, 0.29) is 0 Å². The van der Waals surface area contributed by atoms with Gasteiger partial charge in [-0.25, -0.2) is 4.98 Å². The van der Waals surface area contributed by atoms with Gasteiger partial charge in [0.05, 0.1) is 16.8 Å². The Bertz CT molecular complexity index is 832. The molecule has 0 aliphatic rings. The zero-order valence-electron chi connectivity index (χ0n) is 14.8. The van der Waals surface area contributed by atoms with Gasteiger partial charge in [-0.2, -0.15) is 10.5 Å². The molecule has 4 nitrogen and oxygen atoms in total. The molecule has 0 spiro atoms. The quantitative estimate of drug-likeness (QED) is 0.544. The van der Waals surface area contributed by atoms with E-state index in [0.29, 0.717) is 28.3 Å². The third-order valence-electron chi connectivity index (χ3n) is 3.97. The number of anilines is 1. The molecule has 0 fully saturated rings. The SMILES string of the molecule is CCc1c(C#N)c(C)nc(SCc2ccc(N(C)SC)cc2)c1C#N. The van der Waals surface area contributed by atoms with Crippen molar-refractivity contribution in [2.75, 3.05) is 17.6 Å². The highest BCUT2D eigenvalue weighted by Crippen LogP contribution is 2.30. The van der Waals surface area contributed by atoms with Gasteiger partial charge in [0, 0.05) is 24.7 Å². The minimum atomic E-state index is 0.535. The summed E-state index contributed by atoms with van der Waals surface area (Å²) in [5.74, 6) is 0.736. The average molecular weight is 369 g/mol. The van der Waals surface area contributed by atoms with E-state index in [1.165, 1.54) is 5.56 Å². The molecule has 1 aromatic carbocycles. The van der Waals surface area contributed by atoms with Crippen LogP contribution >= 0.6 is 23.7 Å². The van der Waals surface area contributed by atoms with Gasteiger partial charge in [0.2, 0.25) is 0 Å². The maximum atomic E-state index is 9.54. The lowest BCUT2D eigenvalue weighted by atomic mass is 10.0. The van der Waals surface area contributed by atoms with Crippen molar-refractivity contribution >= 4 is 29.4 Å². The Morgan fingerprint density at radius 3 is 2.28 bits per heavy atom. The summed E-state index contributed by atoms with van der Waals surface area (Å²) in [6, 6.07) is 12.8. The molecule has 1 heterocycles. The van der Waals surface area contributed by atoms with Crippen molar-refractivity contribution in [3.05, 3.63) is 52.2 Å². The number of nitriles is 2. The van der Waals surface area contributed by atoms with Crippen LogP contribution in [-0.4, -0.2) is 18.3 Å². The summed E-state index contributed by atoms with van der Waals surface area (Å²) >= 11 is 3.21. The first-order chi connectivity index (χ1) is 12.0. The van der Waals surface area contributed by atoms with Crippen LogP contribution in [0.15, 0.2) is 29.3 Å². The van der Waals surface area contributed by atoms with Crippen molar-refractivity contribution < 1.29 is 0 Å². The number of rotatable bonds is 6. The first-order valence-electron chi connectivity index (χ1n) is 7.88. The van der Waals surface area contributed by atoms with Crippen molar-refractivity contribution in [3.8, 4) is 12.1 Å². The molecule has 6 heteroatoms. The topological polar surface area (TPSA) is 63.7 Å². The molecule has 0 aliphatic carbocycles. The van der Waals surface area contributed by atoms with Crippen LogP contribution in [0.1, 0.15) is 34.9 Å². The fourth-order valence-corrected chi connectivity index (χ4v) is 3.86. The first-order valence-corrected chi connectivity index (χ1v) is 10.1. The van der Waals surface area contributed by atoms with Crippen LogP contribution in [0, 0.1) is 29.6 Å². The number of benzene rings is 1. The second kappa shape index (κ2) is 8.80. The molecule has 128 valence electrons. The lowest BCUT2D eigenvalue weighted by Crippen LogP contribution is -2.04. The van der Waals surface area contributed by atoms with Crippen LogP contribution in [0.25, 0.3) is 0 Å². The van der Waals surface area contributed by atoms with Crippen molar-refractivity contribution in [2.24, 2.45) is 0 Å². The zero-order valence-corrected chi connectivity index (χ0v) is 16.5. The Morgan fingerprint density at radius 2 is 1.76 bits per heavy atom. The van der Waals surface area contributed by atoms with E-state index in [1.807, 2.05) is 27.2 Å². The molecular weight excluding hydrogens is 348 g/mol. The molecule has 0 unspecified atom stereocenters. The second-order valence-corrected chi connectivity index (χ2v) is 7.32. The standard InChI is InChI=1S/C19H20N4S2/c1-5-16-17(10-20)13(2)22-19(18(16)11-21)25-12-14-6-8-15(9-7-14)23(3)24-4/h6-9H,5,12H2,1-4H3. The molecule has 2 rings (SSSR count). The van der Waals surface area contributed by atoms with E-state index in [2.05, 4.69) is 45.7 Å². The molecule has 0 saturated carbocycles. The van der Waals surface area contributed by atoms with Gasteiger partial charge >= 0.3 is 0 Å². The Hall–Kier alpha value is -2.15. The minimum Gasteiger partial charge on any atom is -0.320 e. The van der Waals surface area contributed by atoms with Gasteiger partial charge in [-0.3, -0.25) is 0 Å². The van der Waals surface area contributed by atoms with Gasteiger partial charge in [0.25, 0.3) is 0 Å². The monoisotopic (exact) mass is 368 g/mol. The average Bonchev–Trinajstić information content (AvgIpc) is 2.65. The Labute approximate surface area is 158 Å². The summed E-state index contributed by atoms with van der Waals surface area (Å²) < 4.78 is 2.10. The summed E-state index contributed by atoms with van der Waals surface area (Å²) in [6.07, 6.45) is 2.69. The molecule has 0 atom stereocenters. The zero-order chi connectivity index (χ0) is 18.4. The molecule has 0 bridgehead atoms. The third kappa shape index (κ3) is 4.28. The molecule has 0 saturated heterocycles. The molecule has 25 heavy (non-hydrogen) atoms. The Kier molecular flexibility index (Phi) is 6.75. The predicted molar refractivity (Wildman–Crippen MR) is 106 cm³/mol. The van der Waals surface area contributed by atoms with E-state index in [9.17, 15) is 10.5 Å². The highest BCUT2D eigenvalue weighted by atomic mass is 32.2. The number of pyridine rings is 1. The summed E-state index contributed by atoms with van der Waals surface area (Å²) in [5, 5.41) is 19.6. The van der Waals surface area contributed by atoms with Crippen molar-refractivity contribution in [1.29, 1.82) is 10.5 Å². The van der Waals surface area contributed by atoms with Gasteiger partial charge in [-0.15, -0.1) is 11.8 Å². The smallest absolute Gasteiger partial charge is 0.115 e. The summed E-state index contributed by atoms with van der Waals surface area (Å²) in [7, 11) is 2.03. The summed E-state index contributed by atoms with van der Waals surface area (Å²) in [6.45, 7) is 3.79. The number of hydrogen-bond donors (Lipinski definition) is 0. The van der Waals surface area contributed by atoms with E-state index >= 15 is 0 Å². The molecule has 0 aliphatic heterocycles. The fraction of sp³-hybridized carbons (Fsp3) is 0.316. The van der Waals surface area contributed by atoms with E-state index in [0.717, 1.165) is 17.0 Å². The predicted octanol–water partition coefficient (Wildman–Crippen LogP) is 4.70. The third-order valence-corrected chi connectivity index (χ3v) is 5.78. The number of aromatic nitrogens is 1. The highest BCUT2D eigenvalue weighted by Gasteiger charge is 2.17. The van der Waals surface area contributed by atoms with Crippen LogP contribution in [0.4, 0.5) is 5.69 Å². The molecule has 0 N–H and O–H groups in total. The van der Waals surface area contributed by atoms with Gasteiger partial charge < -0.3 is 4.31 Å². The second-order valence-electron chi connectivity index (χ2n) is 5.44. The number of thioether (sulfide) groups is 1. The van der Waals surface area contributed by atoms with Crippen LogP contribution < -0.4 is 4.31 Å². The summed E-state index contributed by atoms with van der Waals surface area (Å²) in [5.41, 5.74) is 4.89. The van der Waals surface area contributed by atoms with E-state index in [4.69, 9.17) is 0 Å². The molecule has 0 radical (unpaired) electrons. The lowest BCUT2D eigenvalue weighted by molar-refractivity contribution is 0.978. The molecule has 0 amide bonds. The maximum absolute atomic E-state index is 9.54. The molecular formula is C19H20N4S2. The van der Waals surface area contributed by atoms with Crippen molar-refractivity contribution in [1.82, 2.24) is 4.98 Å². The van der Waals surface area contributed by atoms with Crippen molar-refractivity contribution in [2.45, 2.75) is 31.0 Å². The van der Waals surface area contributed by atoms with Gasteiger partial charge in [0.1, 0.15) is 17.2 Å². The Morgan fingerprint density at radius 1 is 1.12 bits per heavy atom. The fourth-order valence-electron chi connectivity index (χ4n) is 2.52. The summed E-state index contributed by atoms with van der Waals surface area (Å²) in [4.78, 5) is 4.50. The number of nitrogens with zero attached hydrogens (tertiary/aromatic N) is 4. The van der Waals surface area contributed by atoms with Crippen LogP contribution in [-0.2, 0) is 12.2 Å². The van der Waals surface area contributed by atoms with Gasteiger partial charge in [-0.1, -0.05) is 31.0 Å². The van der Waals surface area contributed by atoms with Crippen LogP contribution in [0.2, 0.25) is 0 Å². The lowest BCUT2D eigenvalue weighted by Gasteiger charge is -2.15. The minimum absolute atomic E-state index is 0.535. The largest absolute Gasteiger partial charge is 0.320 e. The normalized spacial score (nSPS) is 10.2. The van der Waals surface area contributed by atoms with Gasteiger partial charge in [0.15, 0.2) is 0 Å². The molecule has 2 aromatic rings. The van der Waals surface area contributed by atoms with Crippen LogP contribution in [0.5, 0.6) is 0 Å². The number of aryl methyl sites for hydroxylation is 1. The number of hydrogen-bond acceptors (Lipinski definition) is 6. The molecule has 1 aromatic heterocycles. The first kappa shape index (κ1) is 19.2. The van der Waals surface area contributed by atoms with Crippen molar-refractivity contribution in [3.63, 3.8) is 0 Å². The van der Waals surface area contributed by atoms with E-state index in [1.54, 1.807) is 23.7 Å². The highest BCUT2D eigenvalue weighted by molar-refractivity contribution is 7.99. The van der Waals surface area contributed by atoms with Gasteiger partial charge in [-0.05, 0) is 36.6 Å². The van der Waals surface area contributed by atoms with E-state index < -0.39 is 0 Å². The maximum Gasteiger partial charge on any atom is 0.115 e. The van der Waals surface area contributed by atoms with Crippen LogP contribution in [0.3, 0.4) is 0 Å².